The van der Waals surface area contributed by atoms with Gasteiger partial charge in [-0.05, 0) is 38.0 Å². The second-order valence-corrected chi connectivity index (χ2v) is 8.15. The van der Waals surface area contributed by atoms with E-state index in [1.165, 1.54) is 31.0 Å². The molecule has 140 valence electrons. The molecule has 0 bridgehead atoms. The lowest BCUT2D eigenvalue weighted by Gasteiger charge is -2.22. The minimum Gasteiger partial charge on any atom is -0.353 e. The minimum atomic E-state index is 0.0543. The Kier molecular flexibility index (Phi) is 6.84. The van der Waals surface area contributed by atoms with Crippen molar-refractivity contribution in [2.45, 2.75) is 56.8 Å². The van der Waals surface area contributed by atoms with Crippen LogP contribution in [0.3, 0.4) is 0 Å². The molecule has 2 aromatic rings. The van der Waals surface area contributed by atoms with Crippen LogP contribution in [0.4, 0.5) is 0 Å². The molecule has 1 saturated carbocycles. The highest BCUT2D eigenvalue weighted by Gasteiger charge is 2.19. The SMILES string of the molecule is CCn1c(SCC(=O)NC2CCCCC2)nnc1-c1ccc(Cl)cc1Cl. The number of halogens is 2. The van der Waals surface area contributed by atoms with Crippen molar-refractivity contribution in [1.82, 2.24) is 20.1 Å². The summed E-state index contributed by atoms with van der Waals surface area (Å²) in [6.45, 7) is 2.71. The first kappa shape index (κ1) is 19.5. The quantitative estimate of drug-likeness (QED) is 0.691. The lowest BCUT2D eigenvalue weighted by atomic mass is 9.95. The van der Waals surface area contributed by atoms with Crippen LogP contribution < -0.4 is 5.32 Å². The molecule has 1 aliphatic rings. The summed E-state index contributed by atoms with van der Waals surface area (Å²) in [4.78, 5) is 12.2. The fourth-order valence-corrected chi connectivity index (χ4v) is 4.50. The van der Waals surface area contributed by atoms with Crippen molar-refractivity contribution in [3.8, 4) is 11.4 Å². The van der Waals surface area contributed by atoms with Crippen LogP contribution in [0.15, 0.2) is 23.4 Å². The van der Waals surface area contributed by atoms with Crippen LogP contribution in [0.25, 0.3) is 11.4 Å². The second kappa shape index (κ2) is 9.11. The van der Waals surface area contributed by atoms with Gasteiger partial charge in [-0.15, -0.1) is 10.2 Å². The maximum Gasteiger partial charge on any atom is 0.230 e. The predicted octanol–water partition coefficient (Wildman–Crippen LogP) is 4.81. The van der Waals surface area contributed by atoms with Gasteiger partial charge in [-0.2, -0.15) is 0 Å². The van der Waals surface area contributed by atoms with Crippen molar-refractivity contribution in [3.05, 3.63) is 28.2 Å². The van der Waals surface area contributed by atoms with E-state index in [0.29, 0.717) is 39.4 Å². The van der Waals surface area contributed by atoms with Gasteiger partial charge in [0.2, 0.25) is 5.91 Å². The summed E-state index contributed by atoms with van der Waals surface area (Å²) >= 11 is 13.7. The Bertz CT molecular complexity index is 775. The minimum absolute atomic E-state index is 0.0543. The first-order valence-electron chi connectivity index (χ1n) is 8.89. The Balaban J connectivity index is 1.67. The Labute approximate surface area is 167 Å². The van der Waals surface area contributed by atoms with Gasteiger partial charge in [0, 0.05) is 23.2 Å². The van der Waals surface area contributed by atoms with Gasteiger partial charge >= 0.3 is 0 Å². The molecule has 1 fully saturated rings. The highest BCUT2D eigenvalue weighted by molar-refractivity contribution is 7.99. The third-order valence-electron chi connectivity index (χ3n) is 4.51. The molecule has 1 aliphatic carbocycles. The molecule has 1 aromatic heterocycles. The monoisotopic (exact) mass is 412 g/mol. The zero-order valence-corrected chi connectivity index (χ0v) is 17.0. The van der Waals surface area contributed by atoms with E-state index in [0.717, 1.165) is 18.4 Å². The van der Waals surface area contributed by atoms with Crippen molar-refractivity contribution < 1.29 is 4.79 Å². The van der Waals surface area contributed by atoms with Gasteiger partial charge < -0.3 is 9.88 Å². The Hall–Kier alpha value is -1.24. The van der Waals surface area contributed by atoms with E-state index < -0.39 is 0 Å². The lowest BCUT2D eigenvalue weighted by molar-refractivity contribution is -0.119. The summed E-state index contributed by atoms with van der Waals surface area (Å²) in [5.74, 6) is 1.08. The number of hydrogen-bond donors (Lipinski definition) is 1. The molecule has 0 unspecified atom stereocenters. The summed E-state index contributed by atoms with van der Waals surface area (Å²) in [6, 6.07) is 5.63. The molecule has 3 rings (SSSR count). The molecule has 0 saturated heterocycles. The van der Waals surface area contributed by atoms with E-state index in [2.05, 4.69) is 15.5 Å². The molecule has 0 atom stereocenters. The van der Waals surface area contributed by atoms with Gasteiger partial charge in [-0.25, -0.2) is 0 Å². The number of carbonyl (C=O) groups excluding carboxylic acids is 1. The van der Waals surface area contributed by atoms with Gasteiger partial charge in [0.1, 0.15) is 0 Å². The molecular formula is C18H22Cl2N4OS. The van der Waals surface area contributed by atoms with Crippen molar-refractivity contribution in [3.63, 3.8) is 0 Å². The standard InChI is InChI=1S/C18H22Cl2N4OS/c1-2-24-17(14-9-8-12(19)10-15(14)20)22-23-18(24)26-11-16(25)21-13-6-4-3-5-7-13/h8-10,13H,2-7,11H2,1H3,(H,21,25). The van der Waals surface area contributed by atoms with Crippen LogP contribution in [-0.4, -0.2) is 32.5 Å². The summed E-state index contributed by atoms with van der Waals surface area (Å²) in [6.07, 6.45) is 5.85. The molecule has 0 radical (unpaired) electrons. The zero-order valence-electron chi connectivity index (χ0n) is 14.7. The predicted molar refractivity (Wildman–Crippen MR) is 107 cm³/mol. The third kappa shape index (κ3) is 4.72. The summed E-state index contributed by atoms with van der Waals surface area (Å²) < 4.78 is 1.97. The summed E-state index contributed by atoms with van der Waals surface area (Å²) in [7, 11) is 0. The highest BCUT2D eigenvalue weighted by Crippen LogP contribution is 2.31. The van der Waals surface area contributed by atoms with Gasteiger partial charge in [-0.3, -0.25) is 4.79 Å². The first-order valence-corrected chi connectivity index (χ1v) is 10.6. The van der Waals surface area contributed by atoms with Crippen molar-refractivity contribution in [2.24, 2.45) is 0 Å². The Morgan fingerprint density at radius 2 is 2.04 bits per heavy atom. The molecule has 1 heterocycles. The van der Waals surface area contributed by atoms with Crippen molar-refractivity contribution in [2.75, 3.05) is 5.75 Å². The van der Waals surface area contributed by atoms with Gasteiger partial charge in [-0.1, -0.05) is 54.2 Å². The molecule has 1 N–H and O–H groups in total. The number of carbonyl (C=O) groups is 1. The van der Waals surface area contributed by atoms with Crippen LogP contribution in [0.5, 0.6) is 0 Å². The van der Waals surface area contributed by atoms with Crippen LogP contribution in [0.1, 0.15) is 39.0 Å². The van der Waals surface area contributed by atoms with E-state index in [1.807, 2.05) is 17.6 Å². The topological polar surface area (TPSA) is 59.8 Å². The fraction of sp³-hybridized carbons (Fsp3) is 0.500. The summed E-state index contributed by atoms with van der Waals surface area (Å²) in [5.41, 5.74) is 0.781. The van der Waals surface area contributed by atoms with E-state index >= 15 is 0 Å². The number of rotatable bonds is 6. The van der Waals surface area contributed by atoms with Crippen molar-refractivity contribution in [1.29, 1.82) is 0 Å². The van der Waals surface area contributed by atoms with E-state index in [-0.39, 0.29) is 5.91 Å². The Morgan fingerprint density at radius 1 is 1.27 bits per heavy atom. The largest absolute Gasteiger partial charge is 0.353 e. The fourth-order valence-electron chi connectivity index (χ4n) is 3.20. The van der Waals surface area contributed by atoms with Crippen LogP contribution >= 0.6 is 35.0 Å². The average Bonchev–Trinajstić information content (AvgIpc) is 3.03. The van der Waals surface area contributed by atoms with Crippen molar-refractivity contribution >= 4 is 40.9 Å². The van der Waals surface area contributed by atoms with Gasteiger partial charge in [0.25, 0.3) is 0 Å². The third-order valence-corrected chi connectivity index (χ3v) is 6.02. The number of benzene rings is 1. The molecular weight excluding hydrogens is 391 g/mol. The zero-order chi connectivity index (χ0) is 18.5. The van der Waals surface area contributed by atoms with Gasteiger partial charge in [0.15, 0.2) is 11.0 Å². The first-order chi connectivity index (χ1) is 12.6. The number of thioether (sulfide) groups is 1. The molecule has 0 aliphatic heterocycles. The van der Waals surface area contributed by atoms with E-state index in [1.54, 1.807) is 12.1 Å². The maximum absolute atomic E-state index is 12.2. The lowest BCUT2D eigenvalue weighted by Crippen LogP contribution is -2.37. The van der Waals surface area contributed by atoms with Gasteiger partial charge in [0.05, 0.1) is 10.8 Å². The van der Waals surface area contributed by atoms with E-state index in [9.17, 15) is 4.79 Å². The van der Waals surface area contributed by atoms with Crippen LogP contribution in [0.2, 0.25) is 10.0 Å². The van der Waals surface area contributed by atoms with Crippen LogP contribution in [0, 0.1) is 0 Å². The number of nitrogens with one attached hydrogen (secondary N) is 1. The van der Waals surface area contributed by atoms with Crippen LogP contribution in [-0.2, 0) is 11.3 Å². The summed E-state index contributed by atoms with van der Waals surface area (Å²) in [5, 5.41) is 13.5. The normalized spacial score (nSPS) is 15.2. The molecule has 1 aromatic carbocycles. The molecule has 26 heavy (non-hydrogen) atoms. The molecule has 0 spiro atoms. The van der Waals surface area contributed by atoms with E-state index in [4.69, 9.17) is 23.2 Å². The number of amides is 1. The maximum atomic E-state index is 12.2. The second-order valence-electron chi connectivity index (χ2n) is 6.37. The molecule has 1 amide bonds. The number of aromatic nitrogens is 3. The smallest absolute Gasteiger partial charge is 0.230 e. The average molecular weight is 413 g/mol. The number of nitrogens with zero attached hydrogens (tertiary/aromatic N) is 3. The Morgan fingerprint density at radius 3 is 2.73 bits per heavy atom. The number of hydrogen-bond acceptors (Lipinski definition) is 4. The molecule has 5 nitrogen and oxygen atoms in total. The highest BCUT2D eigenvalue weighted by atomic mass is 35.5. The molecule has 8 heteroatoms.